The zero-order valence-electron chi connectivity index (χ0n) is 13.0. The number of hydrogen-bond donors (Lipinski definition) is 1. The van der Waals surface area contributed by atoms with E-state index in [9.17, 15) is 9.90 Å². The Kier molecular flexibility index (Phi) is 4.27. The summed E-state index contributed by atoms with van der Waals surface area (Å²) in [6, 6.07) is 13.7. The highest BCUT2D eigenvalue weighted by Gasteiger charge is 2.12. The minimum absolute atomic E-state index is 0.0830. The Morgan fingerprint density at radius 1 is 1.29 bits per heavy atom. The van der Waals surface area contributed by atoms with Gasteiger partial charge in [0.05, 0.1) is 48.6 Å². The first-order chi connectivity index (χ1) is 11.6. The summed E-state index contributed by atoms with van der Waals surface area (Å²) in [5, 5.41) is 19.6. The molecule has 0 saturated heterocycles. The van der Waals surface area contributed by atoms with Crippen molar-refractivity contribution in [1.29, 1.82) is 5.26 Å². The molecule has 0 aliphatic heterocycles. The van der Waals surface area contributed by atoms with Crippen molar-refractivity contribution in [3.05, 3.63) is 70.3 Å². The fourth-order valence-corrected chi connectivity index (χ4v) is 2.47. The SMILES string of the molecule is COc1ccc2c(=O)n(CC(O)c3ccc(C#N)cc3)cnc2c1. The minimum Gasteiger partial charge on any atom is -0.497 e. The number of fused-ring (bicyclic) bond motifs is 1. The van der Waals surface area contributed by atoms with Crippen LogP contribution in [0.4, 0.5) is 0 Å². The number of ether oxygens (including phenoxy) is 1. The van der Waals surface area contributed by atoms with E-state index < -0.39 is 6.10 Å². The number of methoxy groups -OCH3 is 1. The first kappa shape index (κ1) is 15.7. The predicted molar refractivity (Wildman–Crippen MR) is 88.7 cm³/mol. The zero-order chi connectivity index (χ0) is 17.1. The minimum atomic E-state index is -0.868. The fraction of sp³-hybridized carbons (Fsp3) is 0.167. The molecule has 3 rings (SSSR count). The number of aliphatic hydroxyl groups is 1. The van der Waals surface area contributed by atoms with E-state index in [1.807, 2.05) is 6.07 Å². The molecule has 0 bridgehead atoms. The number of rotatable bonds is 4. The number of benzene rings is 2. The van der Waals surface area contributed by atoms with Gasteiger partial charge in [0, 0.05) is 6.07 Å². The predicted octanol–water partition coefficient (Wildman–Crippen LogP) is 2.01. The second-order valence-corrected chi connectivity index (χ2v) is 5.33. The van der Waals surface area contributed by atoms with E-state index in [-0.39, 0.29) is 12.1 Å². The Hall–Kier alpha value is -3.17. The lowest BCUT2D eigenvalue weighted by Crippen LogP contribution is -2.23. The molecule has 6 nitrogen and oxygen atoms in total. The van der Waals surface area contributed by atoms with Gasteiger partial charge in [-0.05, 0) is 29.8 Å². The summed E-state index contributed by atoms with van der Waals surface area (Å²) in [4.78, 5) is 16.8. The van der Waals surface area contributed by atoms with Crippen molar-refractivity contribution >= 4 is 10.9 Å². The van der Waals surface area contributed by atoms with Crippen LogP contribution in [0.3, 0.4) is 0 Å². The molecule has 0 aliphatic carbocycles. The van der Waals surface area contributed by atoms with E-state index in [0.29, 0.717) is 27.8 Å². The molecule has 3 aromatic rings. The topological polar surface area (TPSA) is 88.1 Å². The van der Waals surface area contributed by atoms with Crippen molar-refractivity contribution in [2.24, 2.45) is 0 Å². The van der Waals surface area contributed by atoms with E-state index in [1.165, 1.54) is 10.9 Å². The maximum absolute atomic E-state index is 12.5. The summed E-state index contributed by atoms with van der Waals surface area (Å²) in [6.07, 6.45) is 0.546. The van der Waals surface area contributed by atoms with Gasteiger partial charge in [0.25, 0.3) is 5.56 Å². The summed E-state index contributed by atoms with van der Waals surface area (Å²) in [5.41, 5.74) is 1.47. The van der Waals surface area contributed by atoms with Crippen LogP contribution in [0, 0.1) is 11.3 Å². The maximum Gasteiger partial charge on any atom is 0.261 e. The zero-order valence-corrected chi connectivity index (χ0v) is 13.0. The van der Waals surface area contributed by atoms with Gasteiger partial charge in [0.15, 0.2) is 0 Å². The standard InChI is InChI=1S/C18H15N3O3/c1-24-14-6-7-15-16(8-14)20-11-21(18(15)23)10-17(22)13-4-2-12(9-19)3-5-13/h2-8,11,17,22H,10H2,1H3. The highest BCUT2D eigenvalue weighted by molar-refractivity contribution is 5.78. The maximum atomic E-state index is 12.5. The van der Waals surface area contributed by atoms with E-state index in [2.05, 4.69) is 4.98 Å². The molecule has 1 atom stereocenters. The van der Waals surface area contributed by atoms with E-state index in [4.69, 9.17) is 10.00 Å². The molecular weight excluding hydrogens is 306 g/mol. The van der Waals surface area contributed by atoms with Crippen LogP contribution >= 0.6 is 0 Å². The molecule has 0 amide bonds. The van der Waals surface area contributed by atoms with Crippen LogP contribution < -0.4 is 10.3 Å². The number of nitriles is 1. The summed E-state index contributed by atoms with van der Waals surface area (Å²) >= 11 is 0. The summed E-state index contributed by atoms with van der Waals surface area (Å²) in [5.74, 6) is 0.629. The van der Waals surface area contributed by atoms with Gasteiger partial charge in [-0.15, -0.1) is 0 Å². The van der Waals surface area contributed by atoms with Gasteiger partial charge in [0.2, 0.25) is 0 Å². The number of hydrogen-bond acceptors (Lipinski definition) is 5. The molecule has 2 aromatic carbocycles. The van der Waals surface area contributed by atoms with Crippen molar-refractivity contribution < 1.29 is 9.84 Å². The highest BCUT2D eigenvalue weighted by Crippen LogP contribution is 2.18. The van der Waals surface area contributed by atoms with Crippen LogP contribution in [-0.2, 0) is 6.54 Å². The quantitative estimate of drug-likeness (QED) is 0.794. The van der Waals surface area contributed by atoms with Gasteiger partial charge in [0.1, 0.15) is 5.75 Å². The van der Waals surface area contributed by atoms with Gasteiger partial charge >= 0.3 is 0 Å². The molecule has 0 aliphatic rings. The average molecular weight is 321 g/mol. The van der Waals surface area contributed by atoms with Crippen LogP contribution in [0.15, 0.2) is 53.6 Å². The van der Waals surface area contributed by atoms with Gasteiger partial charge in [-0.25, -0.2) is 4.98 Å². The average Bonchev–Trinajstić information content (AvgIpc) is 2.63. The Balaban J connectivity index is 1.90. The first-order valence-corrected chi connectivity index (χ1v) is 7.33. The Morgan fingerprint density at radius 3 is 2.71 bits per heavy atom. The third-order valence-corrected chi connectivity index (χ3v) is 3.83. The second-order valence-electron chi connectivity index (χ2n) is 5.33. The van der Waals surface area contributed by atoms with Crippen molar-refractivity contribution in [2.45, 2.75) is 12.6 Å². The lowest BCUT2D eigenvalue weighted by atomic mass is 10.1. The lowest BCUT2D eigenvalue weighted by molar-refractivity contribution is 0.155. The number of aromatic nitrogens is 2. The smallest absolute Gasteiger partial charge is 0.261 e. The molecule has 1 aromatic heterocycles. The molecule has 0 fully saturated rings. The highest BCUT2D eigenvalue weighted by atomic mass is 16.5. The molecule has 120 valence electrons. The van der Waals surface area contributed by atoms with Crippen LogP contribution in [0.1, 0.15) is 17.2 Å². The van der Waals surface area contributed by atoms with Crippen molar-refractivity contribution in [2.75, 3.05) is 7.11 Å². The van der Waals surface area contributed by atoms with E-state index >= 15 is 0 Å². The van der Waals surface area contributed by atoms with Crippen LogP contribution in [0.25, 0.3) is 10.9 Å². The van der Waals surface area contributed by atoms with E-state index in [1.54, 1.807) is 49.6 Å². The molecule has 0 spiro atoms. The van der Waals surface area contributed by atoms with Gasteiger partial charge in [-0.1, -0.05) is 12.1 Å². The summed E-state index contributed by atoms with van der Waals surface area (Å²) < 4.78 is 6.49. The molecular formula is C18H15N3O3. The van der Waals surface area contributed by atoms with Crippen LogP contribution in [0.2, 0.25) is 0 Å². The van der Waals surface area contributed by atoms with Crippen LogP contribution in [-0.4, -0.2) is 21.8 Å². The Morgan fingerprint density at radius 2 is 2.04 bits per heavy atom. The lowest BCUT2D eigenvalue weighted by Gasteiger charge is -2.13. The molecule has 0 radical (unpaired) electrons. The Labute approximate surface area is 138 Å². The first-order valence-electron chi connectivity index (χ1n) is 7.33. The van der Waals surface area contributed by atoms with Crippen molar-refractivity contribution in [3.8, 4) is 11.8 Å². The number of aliphatic hydroxyl groups excluding tert-OH is 1. The van der Waals surface area contributed by atoms with Gasteiger partial charge in [-0.3, -0.25) is 9.36 Å². The normalized spacial score (nSPS) is 11.9. The summed E-state index contributed by atoms with van der Waals surface area (Å²) in [6.45, 7) is 0.0830. The third kappa shape index (κ3) is 2.98. The molecule has 6 heteroatoms. The Bertz CT molecular complexity index is 971. The van der Waals surface area contributed by atoms with Crippen LogP contribution in [0.5, 0.6) is 5.75 Å². The summed E-state index contributed by atoms with van der Waals surface area (Å²) in [7, 11) is 1.55. The van der Waals surface area contributed by atoms with Gasteiger partial charge in [-0.2, -0.15) is 5.26 Å². The monoisotopic (exact) mass is 321 g/mol. The molecule has 1 heterocycles. The second kappa shape index (κ2) is 6.52. The number of nitrogens with zero attached hydrogens (tertiary/aromatic N) is 3. The van der Waals surface area contributed by atoms with Crippen molar-refractivity contribution in [1.82, 2.24) is 9.55 Å². The molecule has 0 saturated carbocycles. The molecule has 24 heavy (non-hydrogen) atoms. The molecule has 1 unspecified atom stereocenters. The van der Waals surface area contributed by atoms with Gasteiger partial charge < -0.3 is 9.84 Å². The van der Waals surface area contributed by atoms with Crippen molar-refractivity contribution in [3.63, 3.8) is 0 Å². The largest absolute Gasteiger partial charge is 0.497 e. The third-order valence-electron chi connectivity index (χ3n) is 3.83. The fourth-order valence-electron chi connectivity index (χ4n) is 2.47. The molecule has 1 N–H and O–H groups in total. The van der Waals surface area contributed by atoms with E-state index in [0.717, 1.165) is 0 Å².